The van der Waals surface area contributed by atoms with Gasteiger partial charge in [0.15, 0.2) is 0 Å². The maximum absolute atomic E-state index is 13.0. The van der Waals surface area contributed by atoms with Crippen LogP contribution in [0, 0.1) is 29.6 Å². The number of cyclic esters (lactones) is 1. The summed E-state index contributed by atoms with van der Waals surface area (Å²) in [5.41, 5.74) is 1.11. The molecule has 2 saturated carbocycles. The third kappa shape index (κ3) is 4.38. The third-order valence-electron chi connectivity index (χ3n) is 7.92. The Kier molecular flexibility index (Phi) is 6.00. The molecule has 0 bridgehead atoms. The molecule has 180 valence electrons. The number of allylic oxidation sites excluding steroid dienone is 1. The van der Waals surface area contributed by atoms with E-state index < -0.39 is 11.7 Å². The Hall–Kier alpha value is -2.67. The number of hydrogen-bond acceptors (Lipinski definition) is 4. The van der Waals surface area contributed by atoms with Crippen molar-refractivity contribution in [3.05, 3.63) is 59.9 Å². The number of aliphatic hydroxyl groups is 1. The Bertz CT molecular complexity index is 1080. The normalized spacial score (nSPS) is 33.4. The molecule has 3 fully saturated rings. The van der Waals surface area contributed by atoms with E-state index >= 15 is 0 Å². The number of carbonyl (C=O) groups excluding carboxylic acids is 1. The number of halogens is 3. The number of fused-ring (bicyclic) bond motifs is 2. The molecule has 7 unspecified atom stereocenters. The number of hydrogen-bond donors (Lipinski definition) is 1. The number of aromatic nitrogens is 1. The highest BCUT2D eigenvalue weighted by molar-refractivity contribution is 5.75. The van der Waals surface area contributed by atoms with Crippen LogP contribution in [0.3, 0.4) is 0 Å². The van der Waals surface area contributed by atoms with Gasteiger partial charge in [-0.15, -0.1) is 0 Å². The number of pyridine rings is 1. The van der Waals surface area contributed by atoms with Crippen LogP contribution in [-0.2, 0) is 15.7 Å². The van der Waals surface area contributed by atoms with Crippen molar-refractivity contribution < 1.29 is 27.8 Å². The third-order valence-corrected chi connectivity index (χ3v) is 7.92. The van der Waals surface area contributed by atoms with E-state index in [4.69, 9.17) is 4.74 Å². The Balaban J connectivity index is 1.38. The average molecular weight is 472 g/mol. The van der Waals surface area contributed by atoms with E-state index in [2.05, 4.69) is 11.1 Å². The first-order chi connectivity index (χ1) is 16.2. The maximum Gasteiger partial charge on any atom is 0.416 e. The largest absolute Gasteiger partial charge is 0.462 e. The van der Waals surface area contributed by atoms with Gasteiger partial charge in [-0.3, -0.25) is 9.78 Å². The van der Waals surface area contributed by atoms with E-state index in [1.165, 1.54) is 6.07 Å². The second-order valence-electron chi connectivity index (χ2n) is 9.94. The van der Waals surface area contributed by atoms with Gasteiger partial charge in [0.1, 0.15) is 6.10 Å². The van der Waals surface area contributed by atoms with Crippen LogP contribution in [0.2, 0.25) is 0 Å². The fourth-order valence-electron chi connectivity index (χ4n) is 6.35. The van der Waals surface area contributed by atoms with Crippen molar-refractivity contribution in [2.75, 3.05) is 0 Å². The monoisotopic (exact) mass is 471 g/mol. The number of carbonyl (C=O) groups is 1. The lowest BCUT2D eigenvalue weighted by atomic mass is 9.57. The molecule has 1 aromatic heterocycles. The van der Waals surface area contributed by atoms with Gasteiger partial charge in [0.05, 0.1) is 23.3 Å². The lowest BCUT2D eigenvalue weighted by Crippen LogP contribution is -2.44. The highest BCUT2D eigenvalue weighted by Crippen LogP contribution is 2.53. The van der Waals surface area contributed by atoms with Crippen molar-refractivity contribution in [2.24, 2.45) is 29.6 Å². The van der Waals surface area contributed by atoms with Gasteiger partial charge >= 0.3 is 12.1 Å². The van der Waals surface area contributed by atoms with Crippen molar-refractivity contribution in [1.82, 2.24) is 4.98 Å². The number of rotatable bonds is 3. The van der Waals surface area contributed by atoms with Crippen molar-refractivity contribution in [2.45, 2.75) is 51.0 Å². The summed E-state index contributed by atoms with van der Waals surface area (Å²) >= 11 is 0. The molecular weight excluding hydrogens is 443 g/mol. The molecule has 0 radical (unpaired) electrons. The number of esters is 1. The second kappa shape index (κ2) is 8.84. The van der Waals surface area contributed by atoms with E-state index in [1.54, 1.807) is 24.4 Å². The Morgan fingerprint density at radius 3 is 2.68 bits per heavy atom. The summed E-state index contributed by atoms with van der Waals surface area (Å²) in [6.07, 6.45) is 4.04. The molecule has 1 aliphatic heterocycles. The number of benzene rings is 1. The van der Waals surface area contributed by atoms with Gasteiger partial charge in [-0.05, 0) is 80.2 Å². The van der Waals surface area contributed by atoms with E-state index in [1.807, 2.05) is 13.0 Å². The molecule has 1 N–H and O–H groups in total. The highest BCUT2D eigenvalue weighted by atomic mass is 19.4. The lowest BCUT2D eigenvalue weighted by Gasteiger charge is -2.46. The summed E-state index contributed by atoms with van der Waals surface area (Å²) < 4.78 is 44.7. The number of alkyl halides is 3. The topological polar surface area (TPSA) is 59.4 Å². The van der Waals surface area contributed by atoms with Crippen LogP contribution in [0.1, 0.15) is 43.9 Å². The fourth-order valence-corrected chi connectivity index (χ4v) is 6.35. The van der Waals surface area contributed by atoms with Crippen LogP contribution >= 0.6 is 0 Å². The van der Waals surface area contributed by atoms with Crippen LogP contribution in [0.25, 0.3) is 17.2 Å². The van der Waals surface area contributed by atoms with Gasteiger partial charge in [-0.1, -0.05) is 24.3 Å². The first-order valence-electron chi connectivity index (χ1n) is 11.9. The van der Waals surface area contributed by atoms with Crippen LogP contribution in [0.15, 0.2) is 48.7 Å². The summed E-state index contributed by atoms with van der Waals surface area (Å²) in [6, 6.07) is 8.80. The summed E-state index contributed by atoms with van der Waals surface area (Å²) in [5.74, 6) is 0.702. The van der Waals surface area contributed by atoms with E-state index in [0.29, 0.717) is 28.7 Å². The summed E-state index contributed by atoms with van der Waals surface area (Å²) in [7, 11) is 0. The summed E-state index contributed by atoms with van der Waals surface area (Å²) in [4.78, 5) is 16.9. The van der Waals surface area contributed by atoms with E-state index in [0.717, 1.165) is 37.8 Å². The quantitative estimate of drug-likeness (QED) is 0.579. The smallest absolute Gasteiger partial charge is 0.416 e. The highest BCUT2D eigenvalue weighted by Gasteiger charge is 2.54. The summed E-state index contributed by atoms with van der Waals surface area (Å²) in [6.45, 7) is 1.96. The van der Waals surface area contributed by atoms with Crippen molar-refractivity contribution in [3.63, 3.8) is 0 Å². The predicted octanol–water partition coefficient (Wildman–Crippen LogP) is 5.76. The molecule has 3 aliphatic rings. The first-order valence-corrected chi connectivity index (χ1v) is 11.9. The van der Waals surface area contributed by atoms with Gasteiger partial charge in [0, 0.05) is 17.7 Å². The van der Waals surface area contributed by atoms with Crippen molar-refractivity contribution in [1.29, 1.82) is 0 Å². The molecule has 2 aliphatic carbocycles. The molecule has 7 heteroatoms. The minimum atomic E-state index is -4.39. The predicted molar refractivity (Wildman–Crippen MR) is 121 cm³/mol. The Labute approximate surface area is 196 Å². The molecule has 7 atom stereocenters. The Morgan fingerprint density at radius 2 is 1.94 bits per heavy atom. The lowest BCUT2D eigenvalue weighted by molar-refractivity contribution is -0.144. The second-order valence-corrected chi connectivity index (χ2v) is 9.94. The van der Waals surface area contributed by atoms with Gasteiger partial charge in [-0.2, -0.15) is 13.2 Å². The van der Waals surface area contributed by atoms with Gasteiger partial charge in [0.25, 0.3) is 0 Å². The average Bonchev–Trinajstić information content (AvgIpc) is 3.09. The molecule has 34 heavy (non-hydrogen) atoms. The minimum absolute atomic E-state index is 0.115. The molecule has 1 saturated heterocycles. The number of aliphatic hydroxyl groups excluding tert-OH is 1. The van der Waals surface area contributed by atoms with E-state index in [9.17, 15) is 23.1 Å². The first kappa shape index (κ1) is 23.1. The molecule has 0 amide bonds. The van der Waals surface area contributed by atoms with Crippen molar-refractivity contribution in [3.8, 4) is 11.1 Å². The van der Waals surface area contributed by atoms with Crippen LogP contribution in [0.4, 0.5) is 13.2 Å². The standard InChI is InChI=1S/C27H28F3NO3/c1-15-25-23(22-10-8-21(32)12-18(22)13-24(25)26(33)34-15)9-7-20-6-5-17(14-31-20)16-3-2-4-19(11-16)27(28,29)30/h2-7,9,11,14-15,18,21-25,32H,8,10,12-13H2,1H3/b9-7+. The molecule has 2 aromatic rings. The van der Waals surface area contributed by atoms with Crippen molar-refractivity contribution >= 4 is 12.0 Å². The zero-order valence-corrected chi connectivity index (χ0v) is 18.9. The molecule has 5 rings (SSSR count). The number of nitrogens with zero attached hydrogens (tertiary/aromatic N) is 1. The minimum Gasteiger partial charge on any atom is -0.462 e. The Morgan fingerprint density at radius 1 is 1.12 bits per heavy atom. The molecular formula is C27H28F3NO3. The summed E-state index contributed by atoms with van der Waals surface area (Å²) in [5, 5.41) is 10.2. The van der Waals surface area contributed by atoms with Gasteiger partial charge in [-0.25, -0.2) is 0 Å². The van der Waals surface area contributed by atoms with Gasteiger partial charge in [0.2, 0.25) is 0 Å². The van der Waals surface area contributed by atoms with Crippen LogP contribution < -0.4 is 0 Å². The zero-order valence-electron chi connectivity index (χ0n) is 18.9. The molecule has 1 aromatic carbocycles. The molecule has 4 nitrogen and oxygen atoms in total. The van der Waals surface area contributed by atoms with E-state index in [-0.39, 0.29) is 35.9 Å². The van der Waals surface area contributed by atoms with Crippen LogP contribution in [0.5, 0.6) is 0 Å². The van der Waals surface area contributed by atoms with Crippen LogP contribution in [-0.4, -0.2) is 28.3 Å². The maximum atomic E-state index is 13.0. The SMILES string of the molecule is CC1OC(=O)C2CC3CC(O)CCC3C(/C=C/c3ccc(-c4cccc(C(F)(F)F)c4)cn3)C12. The molecule has 2 heterocycles. The molecule has 0 spiro atoms. The van der Waals surface area contributed by atoms with Gasteiger partial charge < -0.3 is 9.84 Å². The fraction of sp³-hybridized carbons (Fsp3) is 0.481. The zero-order chi connectivity index (χ0) is 24.0. The number of ether oxygens (including phenoxy) is 1.